The van der Waals surface area contributed by atoms with Crippen LogP contribution in [0.3, 0.4) is 0 Å². The summed E-state index contributed by atoms with van der Waals surface area (Å²) in [7, 11) is 0. The van der Waals surface area contributed by atoms with Crippen molar-refractivity contribution in [3.8, 4) is 11.5 Å². The number of phenols is 1. The molecule has 0 aliphatic carbocycles. The topological polar surface area (TPSA) is 58.6 Å². The first-order chi connectivity index (χ1) is 12.2. The van der Waals surface area contributed by atoms with Crippen LogP contribution in [0.25, 0.3) is 10.8 Å². The molecule has 0 fully saturated rings. The van der Waals surface area contributed by atoms with Crippen LogP contribution in [0.15, 0.2) is 54.6 Å². The Kier molecular flexibility index (Phi) is 3.80. The molecule has 1 aliphatic rings. The monoisotopic (exact) mass is 333 g/mol. The first-order valence-corrected chi connectivity index (χ1v) is 8.45. The maximum atomic E-state index is 12.4. The second kappa shape index (κ2) is 6.13. The Morgan fingerprint density at radius 2 is 1.88 bits per heavy atom. The first kappa shape index (κ1) is 15.5. The number of carbonyl (C=O) groups excluding carboxylic acids is 1. The van der Waals surface area contributed by atoms with Crippen molar-refractivity contribution in [1.29, 1.82) is 0 Å². The summed E-state index contributed by atoms with van der Waals surface area (Å²) in [5.74, 6) is 0.927. The van der Waals surface area contributed by atoms with E-state index < -0.39 is 0 Å². The number of anilines is 1. The van der Waals surface area contributed by atoms with Crippen LogP contribution < -0.4 is 10.1 Å². The Hall–Kier alpha value is -3.01. The summed E-state index contributed by atoms with van der Waals surface area (Å²) in [5.41, 5.74) is 2.84. The first-order valence-electron chi connectivity index (χ1n) is 8.45. The van der Waals surface area contributed by atoms with Gasteiger partial charge < -0.3 is 15.2 Å². The quantitative estimate of drug-likeness (QED) is 0.746. The van der Waals surface area contributed by atoms with Crippen molar-refractivity contribution in [3.05, 3.63) is 65.7 Å². The second-order valence-electron chi connectivity index (χ2n) is 6.18. The van der Waals surface area contributed by atoms with Crippen LogP contribution in [0.4, 0.5) is 5.69 Å². The van der Waals surface area contributed by atoms with Crippen LogP contribution in [0.5, 0.6) is 11.5 Å². The fraction of sp³-hybridized carbons (Fsp3) is 0.190. The predicted molar refractivity (Wildman–Crippen MR) is 98.3 cm³/mol. The third-order valence-corrected chi connectivity index (χ3v) is 4.69. The molecule has 4 nitrogen and oxygen atoms in total. The maximum Gasteiger partial charge on any atom is 0.225 e. The fourth-order valence-electron chi connectivity index (χ4n) is 3.61. The molecule has 126 valence electrons. The van der Waals surface area contributed by atoms with E-state index in [0.29, 0.717) is 13.0 Å². The van der Waals surface area contributed by atoms with Crippen molar-refractivity contribution in [3.63, 3.8) is 0 Å². The summed E-state index contributed by atoms with van der Waals surface area (Å²) in [6, 6.07) is 17.1. The number of phenolic OH excluding ortho intramolecular Hbond substituents is 1. The Morgan fingerprint density at radius 1 is 1.04 bits per heavy atom. The van der Waals surface area contributed by atoms with E-state index in [1.54, 1.807) is 12.1 Å². The minimum Gasteiger partial charge on any atom is -0.507 e. The molecule has 4 heteroatoms. The summed E-state index contributed by atoms with van der Waals surface area (Å²) in [5, 5.41) is 14.7. The molecular weight excluding hydrogens is 314 g/mol. The van der Waals surface area contributed by atoms with Crippen LogP contribution in [-0.2, 0) is 4.79 Å². The Bertz CT molecular complexity index is 965. The van der Waals surface area contributed by atoms with E-state index >= 15 is 0 Å². The summed E-state index contributed by atoms with van der Waals surface area (Å²) in [6.45, 7) is 2.53. The van der Waals surface area contributed by atoms with Gasteiger partial charge in [0.1, 0.15) is 11.5 Å². The zero-order valence-electron chi connectivity index (χ0n) is 14.0. The number of carbonyl (C=O) groups is 1. The van der Waals surface area contributed by atoms with Crippen molar-refractivity contribution in [2.45, 2.75) is 19.3 Å². The number of rotatable bonds is 3. The van der Waals surface area contributed by atoms with E-state index in [1.807, 2.05) is 49.4 Å². The molecule has 0 aromatic heterocycles. The highest BCUT2D eigenvalue weighted by Gasteiger charge is 2.29. The van der Waals surface area contributed by atoms with Crippen LogP contribution in [0.1, 0.15) is 30.4 Å². The maximum absolute atomic E-state index is 12.4. The number of benzene rings is 3. The van der Waals surface area contributed by atoms with Gasteiger partial charge in [0.25, 0.3) is 0 Å². The van der Waals surface area contributed by atoms with Crippen LogP contribution >= 0.6 is 0 Å². The number of amides is 1. The largest absolute Gasteiger partial charge is 0.507 e. The highest BCUT2D eigenvalue weighted by Crippen LogP contribution is 2.44. The van der Waals surface area contributed by atoms with Gasteiger partial charge in [-0.05, 0) is 24.6 Å². The smallest absolute Gasteiger partial charge is 0.225 e. The Balaban J connectivity index is 1.93. The molecule has 0 spiro atoms. The predicted octanol–water partition coefficient (Wildman–Crippen LogP) is 4.42. The van der Waals surface area contributed by atoms with Gasteiger partial charge in [-0.2, -0.15) is 0 Å². The summed E-state index contributed by atoms with van der Waals surface area (Å²) < 4.78 is 5.78. The Labute approximate surface area is 146 Å². The molecule has 4 rings (SSSR count). The van der Waals surface area contributed by atoms with Gasteiger partial charge in [0.15, 0.2) is 0 Å². The van der Waals surface area contributed by atoms with Crippen molar-refractivity contribution in [1.82, 2.24) is 0 Å². The molecule has 1 aliphatic heterocycles. The molecule has 0 bridgehead atoms. The SMILES string of the molecule is CCOc1ccccc1[C@H]1CC(=O)Nc2c1ccc1c(O)cccc21. The lowest BCUT2D eigenvalue weighted by molar-refractivity contribution is -0.116. The van der Waals surface area contributed by atoms with Gasteiger partial charge in [0.05, 0.1) is 12.3 Å². The van der Waals surface area contributed by atoms with Gasteiger partial charge in [-0.3, -0.25) is 4.79 Å². The normalized spacial score (nSPS) is 16.4. The number of nitrogens with one attached hydrogen (secondary N) is 1. The zero-order valence-corrected chi connectivity index (χ0v) is 14.0. The van der Waals surface area contributed by atoms with Gasteiger partial charge in [-0.25, -0.2) is 0 Å². The standard InChI is InChI=1S/C21H19NO3/c1-2-25-19-9-4-3-6-14(19)17-12-20(24)22-21-15-7-5-8-18(23)13(15)10-11-16(17)21/h3-11,17,23H,2,12H2,1H3,(H,22,24)/t17-/m1/s1. The number of aromatic hydroxyl groups is 1. The van der Waals surface area contributed by atoms with E-state index in [2.05, 4.69) is 5.32 Å². The third kappa shape index (κ3) is 2.60. The lowest BCUT2D eigenvalue weighted by Crippen LogP contribution is -2.24. The highest BCUT2D eigenvalue weighted by molar-refractivity contribution is 6.07. The van der Waals surface area contributed by atoms with E-state index in [1.165, 1.54) is 0 Å². The van der Waals surface area contributed by atoms with Crippen LogP contribution in [-0.4, -0.2) is 17.6 Å². The minimum atomic E-state index is -0.0711. The van der Waals surface area contributed by atoms with E-state index in [-0.39, 0.29) is 17.6 Å². The van der Waals surface area contributed by atoms with Crippen molar-refractivity contribution in [2.24, 2.45) is 0 Å². The van der Waals surface area contributed by atoms with Gasteiger partial charge in [-0.1, -0.05) is 42.5 Å². The van der Waals surface area contributed by atoms with Crippen LogP contribution in [0.2, 0.25) is 0 Å². The van der Waals surface area contributed by atoms with E-state index in [0.717, 1.165) is 33.3 Å². The van der Waals surface area contributed by atoms with Crippen molar-refractivity contribution >= 4 is 22.4 Å². The average Bonchev–Trinajstić information content (AvgIpc) is 2.62. The number of ether oxygens (including phenoxy) is 1. The second-order valence-corrected chi connectivity index (χ2v) is 6.18. The summed E-state index contributed by atoms with van der Waals surface area (Å²) in [4.78, 5) is 12.4. The lowest BCUT2D eigenvalue weighted by Gasteiger charge is -2.28. The fourth-order valence-corrected chi connectivity index (χ4v) is 3.61. The van der Waals surface area contributed by atoms with Crippen molar-refractivity contribution < 1.29 is 14.6 Å². The molecule has 25 heavy (non-hydrogen) atoms. The molecule has 3 aromatic carbocycles. The molecule has 0 saturated carbocycles. The highest BCUT2D eigenvalue weighted by atomic mass is 16.5. The van der Waals surface area contributed by atoms with Gasteiger partial charge in [0, 0.05) is 28.7 Å². The summed E-state index contributed by atoms with van der Waals surface area (Å²) in [6.07, 6.45) is 0.376. The molecule has 2 N–H and O–H groups in total. The minimum absolute atomic E-state index is 0.0281. The number of hydrogen-bond donors (Lipinski definition) is 2. The third-order valence-electron chi connectivity index (χ3n) is 4.69. The van der Waals surface area contributed by atoms with Crippen LogP contribution in [0, 0.1) is 0 Å². The number of para-hydroxylation sites is 1. The molecule has 1 heterocycles. The lowest BCUT2D eigenvalue weighted by atomic mass is 9.83. The van der Waals surface area contributed by atoms with Gasteiger partial charge in [0.2, 0.25) is 5.91 Å². The number of hydrogen-bond acceptors (Lipinski definition) is 3. The summed E-state index contributed by atoms with van der Waals surface area (Å²) >= 11 is 0. The molecule has 3 aromatic rings. The van der Waals surface area contributed by atoms with E-state index in [4.69, 9.17) is 4.74 Å². The average molecular weight is 333 g/mol. The van der Waals surface area contributed by atoms with Gasteiger partial charge in [-0.15, -0.1) is 0 Å². The number of fused-ring (bicyclic) bond motifs is 3. The van der Waals surface area contributed by atoms with Gasteiger partial charge >= 0.3 is 0 Å². The molecule has 0 unspecified atom stereocenters. The molecule has 1 amide bonds. The van der Waals surface area contributed by atoms with Crippen molar-refractivity contribution in [2.75, 3.05) is 11.9 Å². The molecule has 0 radical (unpaired) electrons. The molecule has 0 saturated heterocycles. The molecular formula is C21H19NO3. The van der Waals surface area contributed by atoms with E-state index in [9.17, 15) is 9.90 Å². The molecule has 1 atom stereocenters. The zero-order chi connectivity index (χ0) is 17.4. The Morgan fingerprint density at radius 3 is 2.72 bits per heavy atom.